The number of hydrogen-bond acceptors (Lipinski definition) is 2. The van der Waals surface area contributed by atoms with Gasteiger partial charge in [0.05, 0.1) is 0 Å². The Balaban J connectivity index is 1.84. The van der Waals surface area contributed by atoms with Gasteiger partial charge in [0, 0.05) is 25.4 Å². The molecule has 92 valence electrons. The summed E-state index contributed by atoms with van der Waals surface area (Å²) in [7, 11) is 1.87. The summed E-state index contributed by atoms with van der Waals surface area (Å²) in [4.78, 5) is 16.6. The predicted molar refractivity (Wildman–Crippen MR) is 69.5 cm³/mol. The number of carbonyl (C=O) groups excluding carboxylic acids is 1. The van der Waals surface area contributed by atoms with E-state index in [1.807, 2.05) is 23.9 Å². The minimum absolute atomic E-state index is 0.0843. The molecule has 0 saturated heterocycles. The summed E-state index contributed by atoms with van der Waals surface area (Å²) in [6, 6.07) is 8.41. The van der Waals surface area contributed by atoms with Crippen LogP contribution in [0.15, 0.2) is 36.7 Å². The van der Waals surface area contributed by atoms with Crippen molar-refractivity contribution in [3.63, 3.8) is 0 Å². The Morgan fingerprint density at radius 2 is 2.11 bits per heavy atom. The van der Waals surface area contributed by atoms with Crippen LogP contribution in [0.25, 0.3) is 0 Å². The molecule has 0 radical (unpaired) electrons. The van der Waals surface area contributed by atoms with Crippen LogP contribution in [0, 0.1) is 5.92 Å². The second kappa shape index (κ2) is 4.41. The van der Waals surface area contributed by atoms with Crippen LogP contribution >= 0.6 is 0 Å². The minimum Gasteiger partial charge on any atom is -0.332 e. The Bertz CT molecular complexity index is 586. The largest absolute Gasteiger partial charge is 0.332 e. The SMILES string of the molecule is Cn1ccnc1C(=O)C1CCc2ccccc2C1. The average molecular weight is 240 g/mol. The van der Waals surface area contributed by atoms with E-state index in [2.05, 4.69) is 23.2 Å². The quantitative estimate of drug-likeness (QED) is 0.755. The van der Waals surface area contributed by atoms with Gasteiger partial charge in [0.2, 0.25) is 5.78 Å². The number of aryl methyl sites for hydroxylation is 2. The minimum atomic E-state index is 0.0843. The third-order valence-electron chi connectivity index (χ3n) is 3.76. The van der Waals surface area contributed by atoms with Crippen molar-refractivity contribution in [2.24, 2.45) is 13.0 Å². The van der Waals surface area contributed by atoms with Gasteiger partial charge < -0.3 is 4.57 Å². The van der Waals surface area contributed by atoms with Crippen molar-refractivity contribution in [3.8, 4) is 0 Å². The van der Waals surface area contributed by atoms with E-state index in [1.54, 1.807) is 6.20 Å². The fourth-order valence-corrected chi connectivity index (χ4v) is 2.71. The van der Waals surface area contributed by atoms with E-state index in [9.17, 15) is 4.79 Å². The van der Waals surface area contributed by atoms with Gasteiger partial charge in [-0.25, -0.2) is 4.98 Å². The molecule has 1 aromatic heterocycles. The monoisotopic (exact) mass is 240 g/mol. The zero-order valence-corrected chi connectivity index (χ0v) is 10.5. The highest BCUT2D eigenvalue weighted by atomic mass is 16.1. The first-order chi connectivity index (χ1) is 8.75. The van der Waals surface area contributed by atoms with E-state index >= 15 is 0 Å². The molecule has 1 heterocycles. The molecule has 3 rings (SSSR count). The molecule has 1 aliphatic carbocycles. The molecule has 3 heteroatoms. The van der Waals surface area contributed by atoms with Crippen LogP contribution in [-0.4, -0.2) is 15.3 Å². The first-order valence-electron chi connectivity index (χ1n) is 6.34. The number of Topliss-reactive ketones (excluding diaryl/α,β-unsaturated/α-hetero) is 1. The Hall–Kier alpha value is -1.90. The maximum absolute atomic E-state index is 12.4. The first-order valence-corrected chi connectivity index (χ1v) is 6.34. The van der Waals surface area contributed by atoms with Gasteiger partial charge in [-0.05, 0) is 30.4 Å². The normalized spacial score (nSPS) is 18.4. The highest BCUT2D eigenvalue weighted by Crippen LogP contribution is 2.27. The molecule has 0 spiro atoms. The smallest absolute Gasteiger partial charge is 0.201 e. The molecular formula is C15H16N2O. The van der Waals surface area contributed by atoms with Crippen molar-refractivity contribution in [2.75, 3.05) is 0 Å². The fraction of sp³-hybridized carbons (Fsp3) is 0.333. The summed E-state index contributed by atoms with van der Waals surface area (Å²) in [5.41, 5.74) is 2.71. The van der Waals surface area contributed by atoms with Gasteiger partial charge in [-0.2, -0.15) is 0 Å². The van der Waals surface area contributed by atoms with Gasteiger partial charge in [0.25, 0.3) is 0 Å². The summed E-state index contributed by atoms with van der Waals surface area (Å²) in [6.45, 7) is 0. The van der Waals surface area contributed by atoms with Crippen LogP contribution in [0.1, 0.15) is 28.2 Å². The molecule has 1 aromatic carbocycles. The topological polar surface area (TPSA) is 34.9 Å². The van der Waals surface area contributed by atoms with E-state index in [0.29, 0.717) is 5.82 Å². The lowest BCUT2D eigenvalue weighted by molar-refractivity contribution is 0.0895. The van der Waals surface area contributed by atoms with Crippen molar-refractivity contribution >= 4 is 5.78 Å². The Morgan fingerprint density at radius 3 is 2.83 bits per heavy atom. The fourth-order valence-electron chi connectivity index (χ4n) is 2.71. The lowest BCUT2D eigenvalue weighted by Crippen LogP contribution is -2.25. The number of ketones is 1. The Labute approximate surface area is 106 Å². The second-order valence-electron chi connectivity index (χ2n) is 4.93. The molecule has 3 nitrogen and oxygen atoms in total. The van der Waals surface area contributed by atoms with Crippen molar-refractivity contribution < 1.29 is 4.79 Å². The van der Waals surface area contributed by atoms with Crippen LogP contribution in [0.4, 0.5) is 0 Å². The number of hydrogen-bond donors (Lipinski definition) is 0. The van der Waals surface area contributed by atoms with E-state index < -0.39 is 0 Å². The standard InChI is InChI=1S/C15H16N2O/c1-17-9-8-16-15(17)14(18)13-7-6-11-4-2-3-5-12(11)10-13/h2-5,8-9,13H,6-7,10H2,1H3. The molecule has 0 amide bonds. The highest BCUT2D eigenvalue weighted by Gasteiger charge is 2.27. The summed E-state index contributed by atoms with van der Waals surface area (Å²) in [5, 5.41) is 0. The number of benzene rings is 1. The van der Waals surface area contributed by atoms with Gasteiger partial charge in [0.1, 0.15) is 0 Å². The Kier molecular flexibility index (Phi) is 2.74. The highest BCUT2D eigenvalue weighted by molar-refractivity contribution is 5.95. The molecule has 1 unspecified atom stereocenters. The van der Waals surface area contributed by atoms with E-state index in [1.165, 1.54) is 11.1 Å². The molecule has 0 saturated carbocycles. The first kappa shape index (κ1) is 11.2. The molecule has 0 aliphatic heterocycles. The third kappa shape index (κ3) is 1.86. The van der Waals surface area contributed by atoms with Crippen LogP contribution in [0.5, 0.6) is 0 Å². The zero-order valence-electron chi connectivity index (χ0n) is 10.5. The van der Waals surface area contributed by atoms with Gasteiger partial charge in [-0.1, -0.05) is 24.3 Å². The van der Waals surface area contributed by atoms with Crippen LogP contribution < -0.4 is 0 Å². The second-order valence-corrected chi connectivity index (χ2v) is 4.93. The molecule has 2 aromatic rings. The van der Waals surface area contributed by atoms with Crippen LogP contribution in [-0.2, 0) is 19.9 Å². The molecule has 0 N–H and O–H groups in total. The zero-order chi connectivity index (χ0) is 12.5. The summed E-state index contributed by atoms with van der Waals surface area (Å²) < 4.78 is 1.81. The molecule has 1 aliphatic rings. The lowest BCUT2D eigenvalue weighted by Gasteiger charge is -2.23. The molecule has 1 atom stereocenters. The average Bonchev–Trinajstić information content (AvgIpc) is 2.83. The van der Waals surface area contributed by atoms with Crippen molar-refractivity contribution in [1.29, 1.82) is 0 Å². The molecule has 0 bridgehead atoms. The van der Waals surface area contributed by atoms with Crippen molar-refractivity contribution in [2.45, 2.75) is 19.3 Å². The van der Waals surface area contributed by atoms with E-state index in [-0.39, 0.29) is 11.7 Å². The number of carbonyl (C=O) groups is 1. The summed E-state index contributed by atoms with van der Waals surface area (Å²) in [6.07, 6.45) is 6.29. The van der Waals surface area contributed by atoms with Crippen molar-refractivity contribution in [1.82, 2.24) is 9.55 Å². The maximum Gasteiger partial charge on any atom is 0.201 e. The van der Waals surface area contributed by atoms with E-state index in [4.69, 9.17) is 0 Å². The molecular weight excluding hydrogens is 224 g/mol. The predicted octanol–water partition coefficient (Wildman–Crippen LogP) is 2.41. The van der Waals surface area contributed by atoms with Crippen LogP contribution in [0.3, 0.4) is 0 Å². The van der Waals surface area contributed by atoms with E-state index in [0.717, 1.165) is 19.3 Å². The van der Waals surface area contributed by atoms with Gasteiger partial charge >= 0.3 is 0 Å². The number of rotatable bonds is 2. The third-order valence-corrected chi connectivity index (χ3v) is 3.76. The number of imidazole rings is 1. The Morgan fingerprint density at radius 1 is 1.33 bits per heavy atom. The van der Waals surface area contributed by atoms with Gasteiger partial charge in [-0.15, -0.1) is 0 Å². The van der Waals surface area contributed by atoms with Crippen LogP contribution in [0.2, 0.25) is 0 Å². The lowest BCUT2D eigenvalue weighted by atomic mass is 9.81. The number of fused-ring (bicyclic) bond motifs is 1. The summed E-state index contributed by atoms with van der Waals surface area (Å²) in [5.74, 6) is 0.845. The molecule has 18 heavy (non-hydrogen) atoms. The van der Waals surface area contributed by atoms with Crippen molar-refractivity contribution in [3.05, 3.63) is 53.6 Å². The van der Waals surface area contributed by atoms with Gasteiger partial charge in [-0.3, -0.25) is 4.79 Å². The maximum atomic E-state index is 12.4. The number of aromatic nitrogens is 2. The number of nitrogens with zero attached hydrogens (tertiary/aromatic N) is 2. The molecule has 0 fully saturated rings. The van der Waals surface area contributed by atoms with Gasteiger partial charge in [0.15, 0.2) is 5.82 Å². The summed E-state index contributed by atoms with van der Waals surface area (Å²) >= 11 is 0.